The van der Waals surface area contributed by atoms with Crippen LogP contribution in [-0.2, 0) is 9.59 Å². The van der Waals surface area contributed by atoms with Gasteiger partial charge in [-0.2, -0.15) is 0 Å². The highest BCUT2D eigenvalue weighted by Crippen LogP contribution is 2.15. The van der Waals surface area contributed by atoms with Gasteiger partial charge in [-0.05, 0) is 48.4 Å². The molecule has 2 aromatic rings. The van der Waals surface area contributed by atoms with Crippen LogP contribution in [0.4, 0.5) is 4.39 Å². The molecule has 0 spiro atoms. The molecule has 0 aromatic heterocycles. The fraction of sp³-hybridized carbons (Fsp3) is 0.158. The number of halogens is 1. The van der Waals surface area contributed by atoms with Crippen molar-refractivity contribution in [2.24, 2.45) is 0 Å². The Kier molecular flexibility index (Phi) is 7.18. The van der Waals surface area contributed by atoms with E-state index in [1.807, 2.05) is 0 Å². The lowest BCUT2D eigenvalue weighted by atomic mass is 10.2. The summed E-state index contributed by atoms with van der Waals surface area (Å²) >= 11 is 0. The molecule has 0 amide bonds. The molecule has 0 atom stereocenters. The standard InChI is InChI=1S/C19H16FNO6/c20-15-6-10-17(11-7-15)27-19(23)3-1-2-18(22)26-16-8-4-14(5-9-16)12-13-21(24)25/h4-13H,1-3H2/b13-12+. The lowest BCUT2D eigenvalue weighted by Crippen LogP contribution is -2.11. The Hall–Kier alpha value is -3.55. The third-order valence-electron chi connectivity index (χ3n) is 3.31. The van der Waals surface area contributed by atoms with E-state index < -0.39 is 22.7 Å². The van der Waals surface area contributed by atoms with Gasteiger partial charge in [0.15, 0.2) is 0 Å². The normalized spacial score (nSPS) is 10.6. The zero-order valence-electron chi connectivity index (χ0n) is 14.2. The molecule has 0 unspecified atom stereocenters. The van der Waals surface area contributed by atoms with Gasteiger partial charge in [-0.25, -0.2) is 4.39 Å². The Bertz CT molecular complexity index is 830. The van der Waals surface area contributed by atoms with Crippen LogP contribution in [0.1, 0.15) is 24.8 Å². The molecule has 27 heavy (non-hydrogen) atoms. The first kappa shape index (κ1) is 19.8. The van der Waals surface area contributed by atoms with Gasteiger partial charge in [0, 0.05) is 18.9 Å². The van der Waals surface area contributed by atoms with Crippen molar-refractivity contribution in [1.82, 2.24) is 0 Å². The summed E-state index contributed by atoms with van der Waals surface area (Å²) in [5.41, 5.74) is 0.593. The van der Waals surface area contributed by atoms with Gasteiger partial charge >= 0.3 is 11.9 Å². The van der Waals surface area contributed by atoms with E-state index in [1.54, 1.807) is 12.1 Å². The van der Waals surface area contributed by atoms with Crippen molar-refractivity contribution in [3.05, 3.63) is 76.2 Å². The van der Waals surface area contributed by atoms with Crippen LogP contribution in [0.5, 0.6) is 11.5 Å². The molecule has 2 rings (SSSR count). The van der Waals surface area contributed by atoms with Crippen LogP contribution < -0.4 is 9.47 Å². The number of rotatable bonds is 8. The van der Waals surface area contributed by atoms with Crippen LogP contribution in [0.2, 0.25) is 0 Å². The van der Waals surface area contributed by atoms with E-state index in [4.69, 9.17) is 9.47 Å². The molecule has 0 saturated carbocycles. The first-order chi connectivity index (χ1) is 12.9. The first-order valence-electron chi connectivity index (χ1n) is 8.01. The van der Waals surface area contributed by atoms with Gasteiger partial charge in [0.25, 0.3) is 0 Å². The highest BCUT2D eigenvalue weighted by molar-refractivity contribution is 5.75. The van der Waals surface area contributed by atoms with Crippen LogP contribution in [0.15, 0.2) is 54.7 Å². The van der Waals surface area contributed by atoms with Crippen molar-refractivity contribution in [2.75, 3.05) is 0 Å². The van der Waals surface area contributed by atoms with E-state index in [-0.39, 0.29) is 25.0 Å². The summed E-state index contributed by atoms with van der Waals surface area (Å²) in [7, 11) is 0. The minimum atomic E-state index is -0.574. The summed E-state index contributed by atoms with van der Waals surface area (Å²) in [5, 5.41) is 10.3. The van der Waals surface area contributed by atoms with E-state index in [2.05, 4.69) is 0 Å². The van der Waals surface area contributed by atoms with E-state index in [1.165, 1.54) is 42.5 Å². The molecule has 0 saturated heterocycles. The van der Waals surface area contributed by atoms with Gasteiger partial charge in [-0.15, -0.1) is 0 Å². The van der Waals surface area contributed by atoms with Crippen molar-refractivity contribution in [1.29, 1.82) is 0 Å². The summed E-state index contributed by atoms with van der Waals surface area (Å²) in [5.74, 6) is -0.948. The number of nitro groups is 1. The predicted molar refractivity (Wildman–Crippen MR) is 94.0 cm³/mol. The van der Waals surface area contributed by atoms with Crippen LogP contribution in [0.25, 0.3) is 6.08 Å². The number of esters is 2. The Morgan fingerprint density at radius 2 is 1.41 bits per heavy atom. The lowest BCUT2D eigenvalue weighted by Gasteiger charge is -2.05. The molecule has 0 bridgehead atoms. The molecule has 7 nitrogen and oxygen atoms in total. The molecule has 140 valence electrons. The molecule has 2 aromatic carbocycles. The van der Waals surface area contributed by atoms with E-state index in [0.717, 1.165) is 6.20 Å². The highest BCUT2D eigenvalue weighted by Gasteiger charge is 2.09. The van der Waals surface area contributed by atoms with Gasteiger partial charge in [0.1, 0.15) is 17.3 Å². The summed E-state index contributed by atoms with van der Waals surface area (Å²) in [4.78, 5) is 33.1. The second-order valence-electron chi connectivity index (χ2n) is 5.43. The number of hydrogen-bond acceptors (Lipinski definition) is 6. The van der Waals surface area contributed by atoms with Crippen LogP contribution >= 0.6 is 0 Å². The number of carbonyl (C=O) groups is 2. The van der Waals surface area contributed by atoms with E-state index >= 15 is 0 Å². The number of carbonyl (C=O) groups excluding carboxylic acids is 2. The van der Waals surface area contributed by atoms with E-state index in [0.29, 0.717) is 11.3 Å². The predicted octanol–water partition coefficient (Wildman–Crippen LogP) is 3.75. The SMILES string of the molecule is O=C(CCCC(=O)Oc1ccc(/C=C/[N+](=O)[O-])cc1)Oc1ccc(F)cc1. The largest absolute Gasteiger partial charge is 0.427 e. The Morgan fingerprint density at radius 1 is 0.926 bits per heavy atom. The molecule has 0 N–H and O–H groups in total. The molecular formula is C19H16FNO6. The average molecular weight is 373 g/mol. The van der Waals surface area contributed by atoms with Gasteiger partial charge < -0.3 is 9.47 Å². The maximum atomic E-state index is 12.8. The summed E-state index contributed by atoms with van der Waals surface area (Å²) < 4.78 is 22.9. The van der Waals surface area contributed by atoms with Crippen molar-refractivity contribution < 1.29 is 28.4 Å². The summed E-state index contributed by atoms with van der Waals surface area (Å²) in [6, 6.07) is 11.2. The monoisotopic (exact) mass is 373 g/mol. The van der Waals surface area contributed by atoms with Crippen LogP contribution in [-0.4, -0.2) is 16.9 Å². The summed E-state index contributed by atoms with van der Waals surface area (Å²) in [6.07, 6.45) is 2.39. The zero-order valence-corrected chi connectivity index (χ0v) is 14.2. The second-order valence-corrected chi connectivity index (χ2v) is 5.43. The maximum absolute atomic E-state index is 12.8. The zero-order chi connectivity index (χ0) is 19.6. The molecule has 0 radical (unpaired) electrons. The molecule has 0 aliphatic carbocycles. The van der Waals surface area contributed by atoms with Gasteiger partial charge in [-0.3, -0.25) is 19.7 Å². The fourth-order valence-corrected chi connectivity index (χ4v) is 2.04. The van der Waals surface area contributed by atoms with Crippen molar-refractivity contribution >= 4 is 18.0 Å². The molecular weight excluding hydrogens is 357 g/mol. The average Bonchev–Trinajstić information content (AvgIpc) is 2.63. The second kappa shape index (κ2) is 9.81. The quantitative estimate of drug-likeness (QED) is 0.303. The van der Waals surface area contributed by atoms with Crippen LogP contribution in [0, 0.1) is 15.9 Å². The Balaban J connectivity index is 1.71. The highest BCUT2D eigenvalue weighted by atomic mass is 19.1. The van der Waals surface area contributed by atoms with Crippen molar-refractivity contribution in [3.8, 4) is 11.5 Å². The minimum Gasteiger partial charge on any atom is -0.427 e. The number of ether oxygens (including phenoxy) is 2. The van der Waals surface area contributed by atoms with Gasteiger partial charge in [0.2, 0.25) is 6.20 Å². The number of benzene rings is 2. The smallest absolute Gasteiger partial charge is 0.311 e. The lowest BCUT2D eigenvalue weighted by molar-refractivity contribution is -0.400. The first-order valence-corrected chi connectivity index (χ1v) is 8.01. The molecule has 0 heterocycles. The van der Waals surface area contributed by atoms with Crippen LogP contribution in [0.3, 0.4) is 0 Å². The maximum Gasteiger partial charge on any atom is 0.311 e. The van der Waals surface area contributed by atoms with E-state index in [9.17, 15) is 24.1 Å². The Labute approximate surface area is 154 Å². The third kappa shape index (κ3) is 7.47. The van der Waals surface area contributed by atoms with Gasteiger partial charge in [-0.1, -0.05) is 12.1 Å². The van der Waals surface area contributed by atoms with Crippen molar-refractivity contribution in [2.45, 2.75) is 19.3 Å². The molecule has 0 fully saturated rings. The number of hydrogen-bond donors (Lipinski definition) is 0. The topological polar surface area (TPSA) is 95.7 Å². The third-order valence-corrected chi connectivity index (χ3v) is 3.31. The Morgan fingerprint density at radius 3 is 1.89 bits per heavy atom. The fourth-order valence-electron chi connectivity index (χ4n) is 2.04. The molecule has 8 heteroatoms. The van der Waals surface area contributed by atoms with Crippen molar-refractivity contribution in [3.63, 3.8) is 0 Å². The molecule has 0 aliphatic heterocycles. The minimum absolute atomic E-state index is 0.0110. The summed E-state index contributed by atoms with van der Waals surface area (Å²) in [6.45, 7) is 0. The molecule has 0 aliphatic rings. The number of nitrogens with zero attached hydrogens (tertiary/aromatic N) is 1. The van der Waals surface area contributed by atoms with Gasteiger partial charge in [0.05, 0.1) is 4.92 Å².